The number of hydrogen-bond donors (Lipinski definition) is 1. The Balaban J connectivity index is 2.12. The van der Waals surface area contributed by atoms with E-state index >= 15 is 0 Å². The van der Waals surface area contributed by atoms with Gasteiger partial charge in [-0.2, -0.15) is 0 Å². The van der Waals surface area contributed by atoms with Crippen molar-refractivity contribution in [2.75, 3.05) is 13.1 Å². The first-order valence-electron chi connectivity index (χ1n) is 7.33. The first-order valence-corrected chi connectivity index (χ1v) is 8.12. The van der Waals surface area contributed by atoms with Crippen molar-refractivity contribution in [2.24, 2.45) is 11.7 Å². The summed E-state index contributed by atoms with van der Waals surface area (Å²) in [7, 11) is 0. The molecule has 1 saturated carbocycles. The lowest BCUT2D eigenvalue weighted by atomic mass is 10.0. The summed E-state index contributed by atoms with van der Waals surface area (Å²) in [6.07, 6.45) is 3.92. The van der Waals surface area contributed by atoms with Crippen LogP contribution in [0.15, 0.2) is 28.7 Å². The predicted octanol–water partition coefficient (Wildman–Crippen LogP) is 3.96. The molecule has 0 aromatic heterocycles. The van der Waals surface area contributed by atoms with Crippen LogP contribution in [0.1, 0.15) is 44.7 Å². The van der Waals surface area contributed by atoms with Crippen LogP contribution in [0.25, 0.3) is 0 Å². The van der Waals surface area contributed by atoms with Crippen LogP contribution in [0.3, 0.4) is 0 Å². The van der Waals surface area contributed by atoms with Gasteiger partial charge in [0.05, 0.1) is 0 Å². The Kier molecular flexibility index (Phi) is 5.43. The van der Waals surface area contributed by atoms with Crippen LogP contribution in [-0.4, -0.2) is 24.0 Å². The van der Waals surface area contributed by atoms with Gasteiger partial charge in [0, 0.05) is 23.1 Å². The molecule has 0 spiro atoms. The van der Waals surface area contributed by atoms with Gasteiger partial charge in [0.25, 0.3) is 0 Å². The summed E-state index contributed by atoms with van der Waals surface area (Å²) < 4.78 is 1.14. The minimum atomic E-state index is 0.365. The fourth-order valence-corrected chi connectivity index (χ4v) is 3.00. The maximum Gasteiger partial charge on any atom is 0.0473 e. The Hall–Kier alpha value is -0.380. The Bertz CT molecular complexity index is 401. The summed E-state index contributed by atoms with van der Waals surface area (Å²) in [5.41, 5.74) is 7.41. The van der Waals surface area contributed by atoms with Crippen LogP contribution in [0, 0.1) is 5.92 Å². The Morgan fingerprint density at radius 1 is 1.37 bits per heavy atom. The highest BCUT2D eigenvalue weighted by Gasteiger charge is 2.33. The Labute approximate surface area is 125 Å². The summed E-state index contributed by atoms with van der Waals surface area (Å²) in [6.45, 7) is 6.45. The minimum absolute atomic E-state index is 0.365. The summed E-state index contributed by atoms with van der Waals surface area (Å²) in [6, 6.07) is 9.72. The van der Waals surface area contributed by atoms with Crippen molar-refractivity contribution in [1.29, 1.82) is 0 Å². The molecule has 1 atom stereocenters. The SMILES string of the molecule is CC(C)CCN(C1CC1)C(CN)c1cccc(Br)c1. The van der Waals surface area contributed by atoms with Crippen molar-refractivity contribution < 1.29 is 0 Å². The zero-order chi connectivity index (χ0) is 13.8. The molecule has 106 valence electrons. The summed E-state index contributed by atoms with van der Waals surface area (Å²) >= 11 is 3.56. The van der Waals surface area contributed by atoms with Gasteiger partial charge in [-0.25, -0.2) is 0 Å². The van der Waals surface area contributed by atoms with E-state index in [2.05, 4.69) is 58.9 Å². The van der Waals surface area contributed by atoms with Crippen molar-refractivity contribution in [2.45, 2.75) is 45.2 Å². The lowest BCUT2D eigenvalue weighted by Gasteiger charge is -2.32. The fraction of sp³-hybridized carbons (Fsp3) is 0.625. The third-order valence-electron chi connectivity index (χ3n) is 3.84. The molecular weight excluding hydrogens is 300 g/mol. The molecular formula is C16H25BrN2. The van der Waals surface area contributed by atoms with Gasteiger partial charge in [-0.15, -0.1) is 0 Å². The van der Waals surface area contributed by atoms with Gasteiger partial charge in [0.2, 0.25) is 0 Å². The van der Waals surface area contributed by atoms with Gasteiger partial charge in [0.1, 0.15) is 0 Å². The lowest BCUT2D eigenvalue weighted by molar-refractivity contribution is 0.181. The van der Waals surface area contributed by atoms with Gasteiger partial charge >= 0.3 is 0 Å². The van der Waals surface area contributed by atoms with Crippen LogP contribution in [-0.2, 0) is 0 Å². The third kappa shape index (κ3) is 4.30. The standard InChI is InChI=1S/C16H25BrN2/c1-12(2)8-9-19(15-6-7-15)16(11-18)13-4-3-5-14(17)10-13/h3-5,10,12,15-16H,6-9,11,18H2,1-2H3. The highest BCUT2D eigenvalue weighted by Crippen LogP contribution is 2.35. The highest BCUT2D eigenvalue weighted by atomic mass is 79.9. The molecule has 0 radical (unpaired) electrons. The fourth-order valence-electron chi connectivity index (χ4n) is 2.58. The molecule has 2 rings (SSSR count). The molecule has 0 heterocycles. The average molecular weight is 325 g/mol. The van der Waals surface area contributed by atoms with Crippen molar-refractivity contribution in [3.63, 3.8) is 0 Å². The summed E-state index contributed by atoms with van der Waals surface area (Å²) in [5.74, 6) is 0.752. The van der Waals surface area contributed by atoms with Gasteiger partial charge in [-0.1, -0.05) is 41.9 Å². The van der Waals surface area contributed by atoms with Gasteiger partial charge < -0.3 is 5.73 Å². The normalized spacial score (nSPS) is 17.2. The van der Waals surface area contributed by atoms with Crippen LogP contribution in [0.5, 0.6) is 0 Å². The smallest absolute Gasteiger partial charge is 0.0473 e. The summed E-state index contributed by atoms with van der Waals surface area (Å²) in [4.78, 5) is 2.63. The van der Waals surface area contributed by atoms with Crippen LogP contribution >= 0.6 is 15.9 Å². The van der Waals surface area contributed by atoms with Gasteiger partial charge in [-0.3, -0.25) is 4.90 Å². The molecule has 1 fully saturated rings. The maximum absolute atomic E-state index is 6.07. The van der Waals surface area contributed by atoms with Crippen LogP contribution < -0.4 is 5.73 Å². The minimum Gasteiger partial charge on any atom is -0.329 e. The number of rotatable bonds is 7. The van der Waals surface area contributed by atoms with E-state index in [4.69, 9.17) is 5.73 Å². The first kappa shape index (κ1) is 15.0. The largest absolute Gasteiger partial charge is 0.329 e. The number of halogens is 1. The molecule has 1 aromatic rings. The van der Waals surface area contributed by atoms with E-state index in [9.17, 15) is 0 Å². The number of nitrogens with two attached hydrogens (primary N) is 1. The second kappa shape index (κ2) is 6.87. The van der Waals surface area contributed by atoms with Gasteiger partial charge in [0.15, 0.2) is 0 Å². The average Bonchev–Trinajstić information content (AvgIpc) is 3.18. The lowest BCUT2D eigenvalue weighted by Crippen LogP contribution is -2.36. The quantitative estimate of drug-likeness (QED) is 0.822. The number of nitrogens with zero attached hydrogens (tertiary/aromatic N) is 1. The maximum atomic E-state index is 6.07. The molecule has 0 bridgehead atoms. The molecule has 1 aliphatic carbocycles. The molecule has 1 aromatic carbocycles. The topological polar surface area (TPSA) is 29.3 Å². The van der Waals surface area contributed by atoms with Crippen molar-refractivity contribution in [3.05, 3.63) is 34.3 Å². The van der Waals surface area contributed by atoms with E-state index < -0.39 is 0 Å². The van der Waals surface area contributed by atoms with E-state index in [0.29, 0.717) is 12.6 Å². The zero-order valence-electron chi connectivity index (χ0n) is 12.0. The highest BCUT2D eigenvalue weighted by molar-refractivity contribution is 9.10. The van der Waals surface area contributed by atoms with Crippen molar-refractivity contribution in [1.82, 2.24) is 4.90 Å². The van der Waals surface area contributed by atoms with E-state index in [1.165, 1.54) is 24.8 Å². The van der Waals surface area contributed by atoms with Crippen molar-refractivity contribution >= 4 is 15.9 Å². The molecule has 19 heavy (non-hydrogen) atoms. The zero-order valence-corrected chi connectivity index (χ0v) is 13.6. The van der Waals surface area contributed by atoms with Crippen LogP contribution in [0.4, 0.5) is 0 Å². The molecule has 0 amide bonds. The van der Waals surface area contributed by atoms with E-state index in [-0.39, 0.29) is 0 Å². The van der Waals surface area contributed by atoms with E-state index in [1.807, 2.05) is 0 Å². The second-order valence-electron chi connectivity index (χ2n) is 5.96. The van der Waals surface area contributed by atoms with Gasteiger partial charge in [-0.05, 0) is 49.4 Å². The molecule has 0 saturated heterocycles. The number of benzene rings is 1. The van der Waals surface area contributed by atoms with E-state index in [0.717, 1.165) is 23.0 Å². The molecule has 1 unspecified atom stereocenters. The molecule has 2 nitrogen and oxygen atoms in total. The molecule has 1 aliphatic rings. The predicted molar refractivity (Wildman–Crippen MR) is 85.1 cm³/mol. The Morgan fingerprint density at radius 2 is 2.11 bits per heavy atom. The van der Waals surface area contributed by atoms with E-state index in [1.54, 1.807) is 0 Å². The summed E-state index contributed by atoms with van der Waals surface area (Å²) in [5, 5.41) is 0. The number of hydrogen-bond acceptors (Lipinski definition) is 2. The van der Waals surface area contributed by atoms with Crippen molar-refractivity contribution in [3.8, 4) is 0 Å². The second-order valence-corrected chi connectivity index (χ2v) is 6.87. The molecule has 3 heteroatoms. The Morgan fingerprint density at radius 3 is 2.63 bits per heavy atom. The third-order valence-corrected chi connectivity index (χ3v) is 4.33. The monoisotopic (exact) mass is 324 g/mol. The first-order chi connectivity index (χ1) is 9.11. The van der Waals surface area contributed by atoms with Crippen LogP contribution in [0.2, 0.25) is 0 Å². The molecule has 2 N–H and O–H groups in total. The molecule has 0 aliphatic heterocycles.